The van der Waals surface area contributed by atoms with Gasteiger partial charge in [-0.15, -0.1) is 0 Å². The van der Waals surface area contributed by atoms with Gasteiger partial charge in [0.1, 0.15) is 5.58 Å². The predicted molar refractivity (Wildman–Crippen MR) is 307 cm³/mol. The molecule has 0 atom stereocenters. The Morgan fingerprint density at radius 2 is 1.00 bits per heavy atom. The zero-order chi connectivity index (χ0) is 50.9. The Kier molecular flexibility index (Phi) is 10.3. The van der Waals surface area contributed by atoms with E-state index in [0.717, 1.165) is 42.6 Å². The fraction of sp³-hybridized carbons (Fsp3) is 0.433. The summed E-state index contributed by atoms with van der Waals surface area (Å²) < 4.78 is 7.73. The minimum Gasteiger partial charge on any atom is -0.468 e. The standard InChI is InChI=1S/C67H79BN2O/c1-40-20-19-21-41(32-40)46-33-43(62(5,6)7)24-27-53(46)70-54-38-50-49(65(13,14)29-30-66(50,15)16)37-52(54)68-58-55(34-44(35-56(58)70)63(8,9)10)69(45-25-22-42(23-26-45)61(2,3)4)59-47-36-48-51(39-57(47)71-60(59)68)67(17,18)31-28-64(48,11)12/h19-27,32-39H,28-31H2,1-18H3. The van der Waals surface area contributed by atoms with E-state index in [1.807, 2.05) is 0 Å². The fourth-order valence-electron chi connectivity index (χ4n) is 12.9. The van der Waals surface area contributed by atoms with Gasteiger partial charge in [0.2, 0.25) is 0 Å². The largest absolute Gasteiger partial charge is 0.468 e. The molecular formula is C67H79BN2O. The molecule has 6 aromatic carbocycles. The number of nitrogens with zero attached hydrogens (tertiary/aromatic N) is 2. The first-order chi connectivity index (χ1) is 33.0. The average Bonchev–Trinajstić information content (AvgIpc) is 3.66. The van der Waals surface area contributed by atoms with Crippen LogP contribution in [-0.2, 0) is 37.9 Å². The van der Waals surface area contributed by atoms with Crippen molar-refractivity contribution in [2.75, 3.05) is 9.80 Å². The maximum absolute atomic E-state index is 7.73. The van der Waals surface area contributed by atoms with Gasteiger partial charge in [-0.25, -0.2) is 0 Å². The molecule has 2 aliphatic carbocycles. The minimum absolute atomic E-state index is 0.00545. The Hall–Kier alpha value is -5.48. The van der Waals surface area contributed by atoms with E-state index in [4.69, 9.17) is 4.42 Å². The molecule has 2 aliphatic heterocycles. The molecule has 3 nitrogen and oxygen atoms in total. The molecule has 7 aromatic rings. The van der Waals surface area contributed by atoms with Gasteiger partial charge in [0, 0.05) is 33.7 Å². The average molecular weight is 939 g/mol. The molecule has 0 bridgehead atoms. The number of furan rings is 1. The number of rotatable bonds is 3. The van der Waals surface area contributed by atoms with Gasteiger partial charge in [-0.3, -0.25) is 0 Å². The summed E-state index contributed by atoms with van der Waals surface area (Å²) in [6.07, 6.45) is 4.60. The van der Waals surface area contributed by atoms with Crippen LogP contribution in [0.15, 0.2) is 108 Å². The molecule has 0 amide bonds. The summed E-state index contributed by atoms with van der Waals surface area (Å²) in [5.41, 5.74) is 25.4. The first-order valence-corrected chi connectivity index (χ1v) is 26.9. The van der Waals surface area contributed by atoms with Gasteiger partial charge in [-0.2, -0.15) is 0 Å². The molecule has 0 saturated heterocycles. The molecule has 3 heterocycles. The number of hydrogen-bond donors (Lipinski definition) is 0. The smallest absolute Gasteiger partial charge is 0.297 e. The highest BCUT2D eigenvalue weighted by atomic mass is 16.3. The van der Waals surface area contributed by atoms with E-state index in [-0.39, 0.29) is 44.6 Å². The second-order valence-electron chi connectivity index (χ2n) is 28.1. The third-order valence-corrected chi connectivity index (χ3v) is 17.9. The van der Waals surface area contributed by atoms with Crippen LogP contribution in [0.5, 0.6) is 0 Å². The lowest BCUT2D eigenvalue weighted by Crippen LogP contribution is -2.61. The monoisotopic (exact) mass is 939 g/mol. The van der Waals surface area contributed by atoms with Crippen molar-refractivity contribution in [2.45, 2.75) is 188 Å². The Balaban J connectivity index is 1.32. The van der Waals surface area contributed by atoms with Crippen molar-refractivity contribution in [1.29, 1.82) is 0 Å². The molecule has 0 N–H and O–H groups in total. The van der Waals surface area contributed by atoms with Crippen molar-refractivity contribution in [2.24, 2.45) is 0 Å². The van der Waals surface area contributed by atoms with Crippen LogP contribution in [0.1, 0.15) is 188 Å². The normalized spacial score (nSPS) is 18.4. The van der Waals surface area contributed by atoms with Crippen molar-refractivity contribution >= 4 is 68.4 Å². The molecule has 0 saturated carbocycles. The molecule has 0 radical (unpaired) electrons. The Morgan fingerprint density at radius 3 is 1.56 bits per heavy atom. The lowest BCUT2D eigenvalue weighted by molar-refractivity contribution is 0.332. The molecule has 0 spiro atoms. The molecule has 1 aromatic heterocycles. The van der Waals surface area contributed by atoms with Gasteiger partial charge >= 0.3 is 0 Å². The van der Waals surface area contributed by atoms with Crippen LogP contribution < -0.4 is 26.4 Å². The summed E-state index contributed by atoms with van der Waals surface area (Å²) in [7, 11) is 0. The van der Waals surface area contributed by atoms with Crippen molar-refractivity contribution in [1.82, 2.24) is 0 Å². The Morgan fingerprint density at radius 1 is 0.479 bits per heavy atom. The van der Waals surface area contributed by atoms with E-state index in [0.29, 0.717) is 0 Å². The van der Waals surface area contributed by atoms with E-state index in [1.54, 1.807) is 0 Å². The van der Waals surface area contributed by atoms with E-state index in [9.17, 15) is 0 Å². The Bertz CT molecular complexity index is 3330. The van der Waals surface area contributed by atoms with E-state index in [2.05, 4.69) is 238 Å². The molecule has 0 unspecified atom stereocenters. The summed E-state index contributed by atoms with van der Waals surface area (Å²) >= 11 is 0. The van der Waals surface area contributed by atoms with Gasteiger partial charge in [-0.05, 0) is 181 Å². The first kappa shape index (κ1) is 47.8. The van der Waals surface area contributed by atoms with Crippen LogP contribution in [0.3, 0.4) is 0 Å². The van der Waals surface area contributed by atoms with Crippen molar-refractivity contribution in [3.8, 4) is 11.1 Å². The van der Waals surface area contributed by atoms with Gasteiger partial charge < -0.3 is 14.2 Å². The van der Waals surface area contributed by atoms with Gasteiger partial charge in [0.25, 0.3) is 6.71 Å². The van der Waals surface area contributed by atoms with Crippen LogP contribution >= 0.6 is 0 Å². The number of anilines is 6. The van der Waals surface area contributed by atoms with Crippen LogP contribution in [0.25, 0.3) is 22.1 Å². The molecule has 11 rings (SSSR count). The maximum Gasteiger partial charge on any atom is 0.297 e. The third-order valence-electron chi connectivity index (χ3n) is 17.9. The van der Waals surface area contributed by atoms with Crippen LogP contribution in [0.2, 0.25) is 0 Å². The van der Waals surface area contributed by atoms with E-state index in [1.165, 1.54) is 100 Å². The molecule has 4 aliphatic rings. The zero-order valence-electron chi connectivity index (χ0n) is 46.5. The highest BCUT2D eigenvalue weighted by molar-refractivity contribution is 7.00. The number of aryl methyl sites for hydroxylation is 1. The summed E-state index contributed by atoms with van der Waals surface area (Å²) in [6, 6.07) is 41.4. The lowest BCUT2D eigenvalue weighted by atomic mass is 9.35. The highest BCUT2D eigenvalue weighted by Gasteiger charge is 2.50. The summed E-state index contributed by atoms with van der Waals surface area (Å²) in [5, 5.41) is 1.21. The summed E-state index contributed by atoms with van der Waals surface area (Å²) in [4.78, 5) is 5.31. The van der Waals surface area contributed by atoms with Gasteiger partial charge in [0.15, 0.2) is 0 Å². The van der Waals surface area contributed by atoms with Gasteiger partial charge in [0.05, 0.1) is 17.0 Å². The minimum atomic E-state index is -0.153. The van der Waals surface area contributed by atoms with E-state index >= 15 is 0 Å². The SMILES string of the molecule is Cc1cccc(-c2cc(C(C)(C)C)ccc2N2c3cc4c(cc3B3c5oc6cc7c(cc6c5N(c5ccc(C(C)(C)C)cc5)c5cc(C(C)(C)C)cc2c53)C(C)(C)CCC7(C)C)C(C)(C)CCC4(C)C)c1. The number of hydrogen-bond acceptors (Lipinski definition) is 3. The second kappa shape index (κ2) is 15.3. The molecule has 71 heavy (non-hydrogen) atoms. The quantitative estimate of drug-likeness (QED) is 0.165. The topological polar surface area (TPSA) is 19.6 Å². The van der Waals surface area contributed by atoms with Crippen LogP contribution in [0, 0.1) is 6.92 Å². The number of fused-ring (bicyclic) bond motifs is 8. The van der Waals surface area contributed by atoms with Gasteiger partial charge in [-0.1, -0.05) is 172 Å². The maximum atomic E-state index is 7.73. The van der Waals surface area contributed by atoms with E-state index < -0.39 is 0 Å². The molecule has 0 fully saturated rings. The first-order valence-electron chi connectivity index (χ1n) is 26.9. The second-order valence-corrected chi connectivity index (χ2v) is 28.1. The van der Waals surface area contributed by atoms with Crippen LogP contribution in [0.4, 0.5) is 34.1 Å². The molecule has 366 valence electrons. The zero-order valence-corrected chi connectivity index (χ0v) is 46.5. The predicted octanol–water partition coefficient (Wildman–Crippen LogP) is 17.1. The third kappa shape index (κ3) is 7.49. The van der Waals surface area contributed by atoms with Crippen LogP contribution in [-0.4, -0.2) is 6.71 Å². The molecule has 4 heteroatoms. The Labute approximate surface area is 427 Å². The van der Waals surface area contributed by atoms with Crippen molar-refractivity contribution < 1.29 is 4.42 Å². The summed E-state index contributed by atoms with van der Waals surface area (Å²) in [5.74, 6) is 0. The fourth-order valence-corrected chi connectivity index (χ4v) is 12.9. The van der Waals surface area contributed by atoms with Crippen molar-refractivity contribution in [3.63, 3.8) is 0 Å². The highest BCUT2D eigenvalue weighted by Crippen LogP contribution is 2.55. The van der Waals surface area contributed by atoms with Crippen molar-refractivity contribution in [3.05, 3.63) is 148 Å². The lowest BCUT2D eigenvalue weighted by Gasteiger charge is -2.47. The molecular weight excluding hydrogens is 860 g/mol. The number of benzene rings is 6. The summed E-state index contributed by atoms with van der Waals surface area (Å²) in [6.45, 7) is 42.9.